The van der Waals surface area contributed by atoms with Gasteiger partial charge >= 0.3 is 0 Å². The Labute approximate surface area is 165 Å². The van der Waals surface area contributed by atoms with E-state index in [0.717, 1.165) is 41.7 Å². The lowest BCUT2D eigenvalue weighted by atomic mass is 9.94. The number of amides is 1. The zero-order valence-corrected chi connectivity index (χ0v) is 17.2. The monoisotopic (exact) mass is 388 g/mol. The van der Waals surface area contributed by atoms with Gasteiger partial charge in [-0.2, -0.15) is 0 Å². The van der Waals surface area contributed by atoms with Crippen molar-refractivity contribution in [2.75, 3.05) is 19.9 Å². The molecular weight excluding hydrogens is 360 g/mol. The highest BCUT2D eigenvalue weighted by atomic mass is 32.2. The van der Waals surface area contributed by atoms with Crippen LogP contribution in [0.2, 0.25) is 0 Å². The molecule has 2 aromatic rings. The molecule has 1 amide bonds. The number of rotatable bonds is 7. The van der Waals surface area contributed by atoms with Gasteiger partial charge in [-0.05, 0) is 44.0 Å². The van der Waals surface area contributed by atoms with Crippen molar-refractivity contribution in [1.29, 1.82) is 0 Å². The average Bonchev–Trinajstić information content (AvgIpc) is 3.15. The minimum absolute atomic E-state index is 0.170. The van der Waals surface area contributed by atoms with Crippen LogP contribution >= 0.6 is 11.8 Å². The molecule has 1 heterocycles. The maximum atomic E-state index is 12.6. The molecule has 0 saturated heterocycles. The SMILES string of the molecule is CCn1c(SCC(=O)N(C)C2CCCCC2)nnc1-c1ccc(OC)cc1. The van der Waals surface area contributed by atoms with Crippen LogP contribution in [0.4, 0.5) is 0 Å². The minimum atomic E-state index is 0.170. The quantitative estimate of drug-likeness (QED) is 0.674. The van der Waals surface area contributed by atoms with Crippen molar-refractivity contribution in [2.24, 2.45) is 0 Å². The number of thioether (sulfide) groups is 1. The Kier molecular flexibility index (Phi) is 6.77. The Balaban J connectivity index is 1.66. The van der Waals surface area contributed by atoms with E-state index in [1.165, 1.54) is 31.0 Å². The van der Waals surface area contributed by atoms with Crippen LogP contribution in [0.15, 0.2) is 29.4 Å². The van der Waals surface area contributed by atoms with E-state index in [4.69, 9.17) is 4.74 Å². The first-order chi connectivity index (χ1) is 13.1. The molecule has 0 N–H and O–H groups in total. The molecule has 6 nitrogen and oxygen atoms in total. The highest BCUT2D eigenvalue weighted by Crippen LogP contribution is 2.27. The van der Waals surface area contributed by atoms with Crippen LogP contribution in [-0.2, 0) is 11.3 Å². The summed E-state index contributed by atoms with van der Waals surface area (Å²) in [4.78, 5) is 14.5. The third kappa shape index (κ3) is 4.64. The first-order valence-corrected chi connectivity index (χ1v) is 10.6. The Hall–Kier alpha value is -2.02. The van der Waals surface area contributed by atoms with Gasteiger partial charge in [0.2, 0.25) is 5.91 Å². The van der Waals surface area contributed by atoms with E-state index in [0.29, 0.717) is 11.8 Å². The maximum absolute atomic E-state index is 12.6. The maximum Gasteiger partial charge on any atom is 0.233 e. The van der Waals surface area contributed by atoms with E-state index in [-0.39, 0.29) is 5.91 Å². The number of hydrogen-bond acceptors (Lipinski definition) is 5. The molecule has 1 aromatic heterocycles. The van der Waals surface area contributed by atoms with Gasteiger partial charge < -0.3 is 14.2 Å². The number of aromatic nitrogens is 3. The highest BCUT2D eigenvalue weighted by Gasteiger charge is 2.23. The number of nitrogens with zero attached hydrogens (tertiary/aromatic N) is 4. The summed E-state index contributed by atoms with van der Waals surface area (Å²) in [5.41, 5.74) is 0.989. The molecule has 0 atom stereocenters. The molecule has 1 fully saturated rings. The summed E-state index contributed by atoms with van der Waals surface area (Å²) in [6, 6.07) is 8.18. The van der Waals surface area contributed by atoms with Crippen LogP contribution in [0.25, 0.3) is 11.4 Å². The molecule has 0 radical (unpaired) electrons. The van der Waals surface area contributed by atoms with Crippen molar-refractivity contribution in [2.45, 2.75) is 56.8 Å². The van der Waals surface area contributed by atoms with Crippen LogP contribution in [0.1, 0.15) is 39.0 Å². The second-order valence-corrected chi connectivity index (χ2v) is 7.81. The second kappa shape index (κ2) is 9.26. The van der Waals surface area contributed by atoms with Crippen molar-refractivity contribution in [3.05, 3.63) is 24.3 Å². The molecule has 1 aliphatic rings. The van der Waals surface area contributed by atoms with E-state index in [1.807, 2.05) is 36.2 Å². The Bertz CT molecular complexity index is 754. The fourth-order valence-electron chi connectivity index (χ4n) is 3.53. The molecule has 1 aromatic carbocycles. The topological polar surface area (TPSA) is 60.2 Å². The predicted molar refractivity (Wildman–Crippen MR) is 108 cm³/mol. The number of ether oxygens (including phenoxy) is 1. The van der Waals surface area contributed by atoms with Crippen molar-refractivity contribution in [1.82, 2.24) is 19.7 Å². The first-order valence-electron chi connectivity index (χ1n) is 9.60. The third-order valence-electron chi connectivity index (χ3n) is 5.22. The average molecular weight is 389 g/mol. The standard InChI is InChI=1S/C20H28N4O2S/c1-4-24-19(15-10-12-17(26-3)13-11-15)21-22-20(24)27-14-18(25)23(2)16-8-6-5-7-9-16/h10-13,16H,4-9,14H2,1-3H3. The van der Waals surface area contributed by atoms with Crippen LogP contribution in [0.5, 0.6) is 5.75 Å². The number of benzene rings is 1. The van der Waals surface area contributed by atoms with Crippen molar-refractivity contribution in [3.63, 3.8) is 0 Å². The van der Waals surface area contributed by atoms with Gasteiger partial charge in [-0.3, -0.25) is 4.79 Å². The Morgan fingerprint density at radius 1 is 1.22 bits per heavy atom. The number of hydrogen-bond donors (Lipinski definition) is 0. The molecular formula is C20H28N4O2S. The van der Waals surface area contributed by atoms with Gasteiger partial charge in [0, 0.05) is 25.2 Å². The van der Waals surface area contributed by atoms with Crippen LogP contribution in [-0.4, -0.2) is 51.5 Å². The number of carbonyl (C=O) groups excluding carboxylic acids is 1. The summed E-state index contributed by atoms with van der Waals surface area (Å²) in [5.74, 6) is 2.19. The first kappa shape index (κ1) is 19.7. The lowest BCUT2D eigenvalue weighted by Gasteiger charge is -2.31. The summed E-state index contributed by atoms with van der Waals surface area (Å²) < 4.78 is 7.27. The Morgan fingerprint density at radius 3 is 2.56 bits per heavy atom. The van der Waals surface area contributed by atoms with E-state index < -0.39 is 0 Å². The summed E-state index contributed by atoms with van der Waals surface area (Å²) in [7, 11) is 3.59. The molecule has 146 valence electrons. The molecule has 0 bridgehead atoms. The molecule has 3 rings (SSSR count). The summed E-state index contributed by atoms with van der Waals surface area (Å²) in [6.07, 6.45) is 6.00. The summed E-state index contributed by atoms with van der Waals surface area (Å²) in [5, 5.41) is 9.46. The Morgan fingerprint density at radius 2 is 1.93 bits per heavy atom. The van der Waals surface area contributed by atoms with Gasteiger partial charge in [-0.25, -0.2) is 0 Å². The lowest BCUT2D eigenvalue weighted by Crippen LogP contribution is -2.39. The van der Waals surface area contributed by atoms with E-state index >= 15 is 0 Å². The molecule has 7 heteroatoms. The van der Waals surface area contributed by atoms with Crippen molar-refractivity contribution < 1.29 is 9.53 Å². The van der Waals surface area contributed by atoms with Crippen LogP contribution in [0.3, 0.4) is 0 Å². The largest absolute Gasteiger partial charge is 0.497 e. The zero-order chi connectivity index (χ0) is 19.2. The van der Waals surface area contributed by atoms with E-state index in [9.17, 15) is 4.79 Å². The molecule has 0 spiro atoms. The zero-order valence-electron chi connectivity index (χ0n) is 16.4. The fourth-order valence-corrected chi connectivity index (χ4v) is 4.46. The van der Waals surface area contributed by atoms with Crippen molar-refractivity contribution >= 4 is 17.7 Å². The summed E-state index contributed by atoms with van der Waals surface area (Å²) >= 11 is 1.47. The van der Waals surface area contributed by atoms with Gasteiger partial charge in [0.1, 0.15) is 5.75 Å². The molecule has 0 aliphatic heterocycles. The molecule has 27 heavy (non-hydrogen) atoms. The molecule has 0 unspecified atom stereocenters. The second-order valence-electron chi connectivity index (χ2n) is 6.86. The smallest absolute Gasteiger partial charge is 0.233 e. The summed E-state index contributed by atoms with van der Waals surface area (Å²) in [6.45, 7) is 2.82. The highest BCUT2D eigenvalue weighted by molar-refractivity contribution is 7.99. The van der Waals surface area contributed by atoms with Gasteiger partial charge in [0.25, 0.3) is 0 Å². The fraction of sp³-hybridized carbons (Fsp3) is 0.550. The van der Waals surface area contributed by atoms with Crippen molar-refractivity contribution in [3.8, 4) is 17.1 Å². The molecule has 1 saturated carbocycles. The normalized spacial score (nSPS) is 14.9. The van der Waals surface area contributed by atoms with Gasteiger partial charge in [-0.15, -0.1) is 10.2 Å². The number of carbonyl (C=O) groups is 1. The van der Waals surface area contributed by atoms with E-state index in [1.54, 1.807) is 7.11 Å². The van der Waals surface area contributed by atoms with E-state index in [2.05, 4.69) is 21.7 Å². The van der Waals surface area contributed by atoms with Gasteiger partial charge in [0.05, 0.1) is 12.9 Å². The predicted octanol–water partition coefficient (Wildman–Crippen LogP) is 3.86. The number of methoxy groups -OCH3 is 1. The van der Waals surface area contributed by atoms with Crippen LogP contribution in [0, 0.1) is 0 Å². The van der Waals surface area contributed by atoms with Crippen LogP contribution < -0.4 is 4.74 Å². The van der Waals surface area contributed by atoms with Gasteiger partial charge in [-0.1, -0.05) is 31.0 Å². The van der Waals surface area contributed by atoms with Gasteiger partial charge in [0.15, 0.2) is 11.0 Å². The minimum Gasteiger partial charge on any atom is -0.497 e. The third-order valence-corrected chi connectivity index (χ3v) is 6.17. The molecule has 1 aliphatic carbocycles. The lowest BCUT2D eigenvalue weighted by molar-refractivity contribution is -0.129.